The highest BCUT2D eigenvalue weighted by molar-refractivity contribution is 7.21. The van der Waals surface area contributed by atoms with Gasteiger partial charge in [0.1, 0.15) is 0 Å². The van der Waals surface area contributed by atoms with E-state index in [0.717, 1.165) is 15.0 Å². The van der Waals surface area contributed by atoms with Gasteiger partial charge in [0.2, 0.25) is 5.78 Å². The number of ketones is 1. The zero-order chi connectivity index (χ0) is 13.2. The van der Waals surface area contributed by atoms with Crippen LogP contribution in [-0.4, -0.2) is 5.78 Å². The van der Waals surface area contributed by atoms with Crippen molar-refractivity contribution in [3.05, 3.63) is 70.6 Å². The number of hydrogen-bond donors (Lipinski definition) is 0. The van der Waals surface area contributed by atoms with E-state index in [2.05, 4.69) is 0 Å². The Kier molecular flexibility index (Phi) is 2.86. The summed E-state index contributed by atoms with van der Waals surface area (Å²) < 4.78 is 1.11. The maximum absolute atomic E-state index is 12.3. The number of rotatable bonds is 2. The predicted molar refractivity (Wildman–Crippen MR) is 76.4 cm³/mol. The highest BCUT2D eigenvalue weighted by atomic mass is 32.1. The van der Waals surface area contributed by atoms with Gasteiger partial charge in [-0.15, -0.1) is 11.3 Å². The van der Waals surface area contributed by atoms with E-state index in [1.165, 1.54) is 11.3 Å². The fourth-order valence-corrected chi connectivity index (χ4v) is 2.96. The van der Waals surface area contributed by atoms with Crippen LogP contribution in [0.25, 0.3) is 10.1 Å². The number of hydrogen-bond acceptors (Lipinski definition) is 3. The van der Waals surface area contributed by atoms with Crippen LogP contribution in [0.15, 0.2) is 54.6 Å². The number of benzene rings is 2. The van der Waals surface area contributed by atoms with Crippen LogP contribution in [0.1, 0.15) is 20.8 Å². The number of thiophene rings is 1. The van der Waals surface area contributed by atoms with Crippen LogP contribution in [0.3, 0.4) is 0 Å². The highest BCUT2D eigenvalue weighted by Gasteiger charge is 2.12. The van der Waals surface area contributed by atoms with Gasteiger partial charge in [-0.3, -0.25) is 4.79 Å². The zero-order valence-electron chi connectivity index (χ0n) is 9.96. The molecule has 0 saturated heterocycles. The first-order valence-electron chi connectivity index (χ1n) is 5.81. The Morgan fingerprint density at radius 3 is 2.47 bits per heavy atom. The maximum Gasteiger partial charge on any atom is 0.202 e. The summed E-state index contributed by atoms with van der Waals surface area (Å²) in [5.74, 6) is 0.00527. The molecule has 3 rings (SSSR count). The van der Waals surface area contributed by atoms with Crippen molar-refractivity contribution in [1.29, 1.82) is 5.26 Å². The molecule has 90 valence electrons. The SMILES string of the molecule is N#Cc1ccc(C(=O)c2cc3ccccc3s2)cc1. The molecule has 0 aliphatic heterocycles. The van der Waals surface area contributed by atoms with Crippen molar-refractivity contribution in [1.82, 2.24) is 0 Å². The Labute approximate surface area is 114 Å². The first-order valence-corrected chi connectivity index (χ1v) is 6.63. The molecule has 0 aliphatic carbocycles. The van der Waals surface area contributed by atoms with Crippen molar-refractivity contribution in [2.75, 3.05) is 0 Å². The molecule has 0 aliphatic rings. The number of nitriles is 1. The van der Waals surface area contributed by atoms with E-state index in [-0.39, 0.29) is 5.78 Å². The lowest BCUT2D eigenvalue weighted by Crippen LogP contribution is -1.97. The van der Waals surface area contributed by atoms with Gasteiger partial charge in [-0.2, -0.15) is 5.26 Å². The second kappa shape index (κ2) is 4.68. The topological polar surface area (TPSA) is 40.9 Å². The molecular formula is C16H9NOS. The maximum atomic E-state index is 12.3. The molecule has 2 aromatic carbocycles. The molecule has 0 saturated carbocycles. The molecule has 3 heteroatoms. The average Bonchev–Trinajstić information content (AvgIpc) is 2.90. The Balaban J connectivity index is 2.00. The molecule has 0 radical (unpaired) electrons. The van der Waals surface area contributed by atoms with E-state index < -0.39 is 0 Å². The molecule has 0 N–H and O–H groups in total. The number of fused-ring (bicyclic) bond motifs is 1. The van der Waals surface area contributed by atoms with Gasteiger partial charge in [0, 0.05) is 10.3 Å². The van der Waals surface area contributed by atoms with E-state index in [1.807, 2.05) is 36.4 Å². The molecule has 0 amide bonds. The van der Waals surface area contributed by atoms with Gasteiger partial charge in [0.05, 0.1) is 16.5 Å². The van der Waals surface area contributed by atoms with Crippen LogP contribution in [0.5, 0.6) is 0 Å². The minimum Gasteiger partial charge on any atom is -0.288 e. The van der Waals surface area contributed by atoms with Crippen LogP contribution >= 0.6 is 11.3 Å². The van der Waals surface area contributed by atoms with Crippen molar-refractivity contribution < 1.29 is 4.79 Å². The van der Waals surface area contributed by atoms with Crippen molar-refractivity contribution in [2.45, 2.75) is 0 Å². The molecule has 1 aromatic heterocycles. The molecular weight excluding hydrogens is 254 g/mol. The van der Waals surface area contributed by atoms with Crippen molar-refractivity contribution in [3.63, 3.8) is 0 Å². The van der Waals surface area contributed by atoms with Crippen LogP contribution in [0, 0.1) is 11.3 Å². The van der Waals surface area contributed by atoms with E-state index in [4.69, 9.17) is 5.26 Å². The highest BCUT2D eigenvalue weighted by Crippen LogP contribution is 2.27. The summed E-state index contributed by atoms with van der Waals surface area (Å²) in [5.41, 5.74) is 1.18. The smallest absolute Gasteiger partial charge is 0.202 e. The summed E-state index contributed by atoms with van der Waals surface area (Å²) >= 11 is 1.50. The van der Waals surface area contributed by atoms with Crippen LogP contribution < -0.4 is 0 Å². The van der Waals surface area contributed by atoms with Gasteiger partial charge in [-0.25, -0.2) is 0 Å². The van der Waals surface area contributed by atoms with Gasteiger partial charge < -0.3 is 0 Å². The van der Waals surface area contributed by atoms with Gasteiger partial charge in [-0.1, -0.05) is 18.2 Å². The number of nitrogens with zero attached hydrogens (tertiary/aromatic N) is 1. The largest absolute Gasteiger partial charge is 0.288 e. The lowest BCUT2D eigenvalue weighted by Gasteiger charge is -1.97. The molecule has 0 spiro atoms. The molecule has 0 unspecified atom stereocenters. The van der Waals surface area contributed by atoms with Crippen molar-refractivity contribution >= 4 is 27.2 Å². The first-order chi connectivity index (χ1) is 9.28. The van der Waals surface area contributed by atoms with Gasteiger partial charge in [0.15, 0.2) is 0 Å². The minimum atomic E-state index is 0.00527. The molecule has 2 nitrogen and oxygen atoms in total. The quantitative estimate of drug-likeness (QED) is 0.655. The van der Waals surface area contributed by atoms with Gasteiger partial charge in [-0.05, 0) is 41.8 Å². The normalized spacial score (nSPS) is 10.3. The van der Waals surface area contributed by atoms with Crippen LogP contribution in [-0.2, 0) is 0 Å². The minimum absolute atomic E-state index is 0.00527. The van der Waals surface area contributed by atoms with Crippen molar-refractivity contribution in [2.24, 2.45) is 0 Å². The van der Waals surface area contributed by atoms with Crippen LogP contribution in [0.2, 0.25) is 0 Å². The summed E-state index contributed by atoms with van der Waals surface area (Å²) in [5, 5.41) is 9.83. The summed E-state index contributed by atoms with van der Waals surface area (Å²) in [7, 11) is 0. The third-order valence-electron chi connectivity index (χ3n) is 2.93. The monoisotopic (exact) mass is 263 g/mol. The number of carbonyl (C=O) groups is 1. The third-order valence-corrected chi connectivity index (χ3v) is 4.04. The Bertz CT molecular complexity index is 760. The molecule has 0 atom stereocenters. The second-order valence-corrected chi connectivity index (χ2v) is 5.25. The summed E-state index contributed by atoms with van der Waals surface area (Å²) in [4.78, 5) is 13.1. The third kappa shape index (κ3) is 2.14. The second-order valence-electron chi connectivity index (χ2n) is 4.17. The Morgan fingerprint density at radius 2 is 1.79 bits per heavy atom. The first kappa shape index (κ1) is 11.6. The predicted octanol–water partition coefficient (Wildman–Crippen LogP) is 4.00. The Morgan fingerprint density at radius 1 is 1.05 bits per heavy atom. The molecule has 19 heavy (non-hydrogen) atoms. The summed E-state index contributed by atoms with van der Waals surface area (Å²) in [6, 6.07) is 18.6. The van der Waals surface area contributed by atoms with E-state index in [1.54, 1.807) is 24.3 Å². The van der Waals surface area contributed by atoms with Gasteiger partial charge in [0.25, 0.3) is 0 Å². The van der Waals surface area contributed by atoms with E-state index in [9.17, 15) is 4.79 Å². The fourth-order valence-electron chi connectivity index (χ4n) is 1.93. The summed E-state index contributed by atoms with van der Waals surface area (Å²) in [6.07, 6.45) is 0. The Hall–Kier alpha value is -2.44. The molecule has 0 fully saturated rings. The van der Waals surface area contributed by atoms with E-state index in [0.29, 0.717) is 11.1 Å². The lowest BCUT2D eigenvalue weighted by molar-refractivity contribution is 0.104. The molecule has 1 heterocycles. The zero-order valence-corrected chi connectivity index (χ0v) is 10.8. The van der Waals surface area contributed by atoms with E-state index >= 15 is 0 Å². The average molecular weight is 263 g/mol. The number of carbonyl (C=O) groups excluding carboxylic acids is 1. The standard InChI is InChI=1S/C16H9NOS/c17-10-11-5-7-12(8-6-11)16(18)15-9-13-3-1-2-4-14(13)19-15/h1-9H. The lowest BCUT2D eigenvalue weighted by atomic mass is 10.1. The molecule has 3 aromatic rings. The van der Waals surface area contributed by atoms with Gasteiger partial charge >= 0.3 is 0 Å². The fraction of sp³-hybridized carbons (Fsp3) is 0. The summed E-state index contributed by atoms with van der Waals surface area (Å²) in [6.45, 7) is 0. The van der Waals surface area contributed by atoms with Crippen molar-refractivity contribution in [3.8, 4) is 6.07 Å². The van der Waals surface area contributed by atoms with Crippen LogP contribution in [0.4, 0.5) is 0 Å². The molecule has 0 bridgehead atoms.